The summed E-state index contributed by atoms with van der Waals surface area (Å²) in [5, 5.41) is 11.0. The van der Waals surface area contributed by atoms with Crippen molar-refractivity contribution in [3.05, 3.63) is 121 Å². The number of aromatic amines is 2. The monoisotopic (exact) mass is 540 g/mol. The number of esters is 1. The molecule has 41 heavy (non-hydrogen) atoms. The quantitative estimate of drug-likeness (QED) is 0.219. The molecule has 2 heterocycles. The number of carbonyl (C=O) groups is 2. The van der Waals surface area contributed by atoms with E-state index in [-0.39, 0.29) is 43.1 Å². The van der Waals surface area contributed by atoms with Crippen LogP contribution in [0.4, 0.5) is 0 Å². The van der Waals surface area contributed by atoms with Gasteiger partial charge in [-0.1, -0.05) is 72.8 Å². The van der Waals surface area contributed by atoms with Crippen molar-refractivity contribution in [2.75, 3.05) is 7.11 Å². The van der Waals surface area contributed by atoms with Crippen LogP contribution in [-0.2, 0) is 27.2 Å². The third kappa shape index (κ3) is 7.36. The van der Waals surface area contributed by atoms with E-state index >= 15 is 0 Å². The molecule has 0 amide bonds. The molecule has 0 aliphatic carbocycles. The fourth-order valence-electron chi connectivity index (χ4n) is 4.66. The number of H-pyrrole nitrogens is 2. The number of aliphatic carboxylic acids is 1. The fourth-order valence-corrected chi connectivity index (χ4v) is 4.66. The van der Waals surface area contributed by atoms with Crippen molar-refractivity contribution >= 4 is 33.7 Å². The van der Waals surface area contributed by atoms with Crippen LogP contribution in [0.25, 0.3) is 44.1 Å². The molecule has 4 aromatic carbocycles. The summed E-state index contributed by atoms with van der Waals surface area (Å²) in [6.45, 7) is 0. The Kier molecular flexibility index (Phi) is 10.7. The molecule has 202 valence electrons. The molecule has 6 aromatic rings. The van der Waals surface area contributed by atoms with Crippen LogP contribution in [0.3, 0.4) is 0 Å². The van der Waals surface area contributed by atoms with E-state index in [4.69, 9.17) is 9.84 Å². The first kappa shape index (κ1) is 31.0. The van der Waals surface area contributed by atoms with Crippen LogP contribution in [0.2, 0.25) is 0 Å². The molecule has 6 rings (SSSR count). The molecule has 0 bridgehead atoms. The van der Waals surface area contributed by atoms with Crippen molar-refractivity contribution in [3.63, 3.8) is 0 Å². The average molecular weight is 541 g/mol. The molecule has 0 aliphatic heterocycles. The molecule has 4 N–H and O–H groups in total. The smallest absolute Gasteiger partial charge is 0.870 e. The molecule has 7 nitrogen and oxygen atoms in total. The summed E-state index contributed by atoms with van der Waals surface area (Å²) in [7, 11) is 1.41. The van der Waals surface area contributed by atoms with E-state index in [2.05, 4.69) is 34.2 Å². The molecule has 0 atom stereocenters. The van der Waals surface area contributed by atoms with Gasteiger partial charge in [0.2, 0.25) is 0 Å². The maximum absolute atomic E-state index is 11.4. The first-order chi connectivity index (χ1) is 19.0. The van der Waals surface area contributed by atoms with Crippen LogP contribution in [0.1, 0.15) is 11.1 Å². The van der Waals surface area contributed by atoms with E-state index in [1.165, 1.54) is 12.7 Å². The number of benzene rings is 4. The van der Waals surface area contributed by atoms with Gasteiger partial charge in [0, 0.05) is 34.2 Å². The molecule has 2 aromatic heterocycles. The second-order valence-electron chi connectivity index (χ2n) is 9.20. The van der Waals surface area contributed by atoms with Crippen molar-refractivity contribution in [1.82, 2.24) is 9.97 Å². The molecule has 0 fully saturated rings. The zero-order valence-corrected chi connectivity index (χ0v) is 22.9. The molecule has 0 saturated carbocycles. The third-order valence-electron chi connectivity index (χ3n) is 6.65. The topological polar surface area (TPSA) is 125 Å². The molecule has 0 spiro atoms. The van der Waals surface area contributed by atoms with Gasteiger partial charge in [-0.15, -0.1) is 0 Å². The number of methoxy groups -OCH3 is 1. The Balaban J connectivity index is 0.000000215. The van der Waals surface area contributed by atoms with Crippen LogP contribution in [0.5, 0.6) is 0 Å². The summed E-state index contributed by atoms with van der Waals surface area (Å²) in [5.74, 6) is -1.04. The third-order valence-corrected chi connectivity index (χ3v) is 6.65. The average Bonchev–Trinajstić information content (AvgIpc) is 3.57. The maximum Gasteiger partial charge on any atom is 1.00 e. The summed E-state index contributed by atoms with van der Waals surface area (Å²) >= 11 is 0. The molecule has 8 heteroatoms. The van der Waals surface area contributed by atoms with E-state index in [1.54, 1.807) is 6.20 Å². The summed E-state index contributed by atoms with van der Waals surface area (Å²) in [4.78, 5) is 28.6. The largest absolute Gasteiger partial charge is 1.00 e. The minimum absolute atomic E-state index is 0. The second kappa shape index (κ2) is 14.2. The Labute approximate surface area is 249 Å². The Morgan fingerprint density at radius 1 is 0.659 bits per heavy atom. The van der Waals surface area contributed by atoms with Crippen LogP contribution < -0.4 is 18.9 Å². The number of carboxylic acids is 1. The Morgan fingerprint density at radius 3 is 1.51 bits per heavy atom. The molecule has 0 saturated heterocycles. The first-order valence-corrected chi connectivity index (χ1v) is 12.6. The zero-order valence-electron chi connectivity index (χ0n) is 22.9. The Morgan fingerprint density at radius 2 is 1.10 bits per heavy atom. The molecular formula is C33H29LiN2O5. The van der Waals surface area contributed by atoms with Gasteiger partial charge in [0.1, 0.15) is 0 Å². The van der Waals surface area contributed by atoms with Gasteiger partial charge in [-0.2, -0.15) is 0 Å². The van der Waals surface area contributed by atoms with Gasteiger partial charge in [-0.05, 0) is 57.6 Å². The second-order valence-corrected chi connectivity index (χ2v) is 9.20. The van der Waals surface area contributed by atoms with Crippen LogP contribution in [0, 0.1) is 0 Å². The van der Waals surface area contributed by atoms with E-state index in [0.717, 1.165) is 49.6 Å². The van der Waals surface area contributed by atoms with E-state index in [9.17, 15) is 9.59 Å². The summed E-state index contributed by atoms with van der Waals surface area (Å²) in [5.41, 5.74) is 8.32. The van der Waals surface area contributed by atoms with Crippen molar-refractivity contribution in [3.8, 4) is 22.3 Å². The number of rotatable bonds is 6. The van der Waals surface area contributed by atoms with E-state index in [1.807, 2.05) is 79.0 Å². The van der Waals surface area contributed by atoms with Gasteiger partial charge in [0.25, 0.3) is 0 Å². The van der Waals surface area contributed by atoms with Crippen molar-refractivity contribution in [2.45, 2.75) is 12.8 Å². The van der Waals surface area contributed by atoms with Crippen molar-refractivity contribution in [1.29, 1.82) is 0 Å². The number of hydrogen-bond donors (Lipinski definition) is 3. The van der Waals surface area contributed by atoms with Gasteiger partial charge in [0.15, 0.2) is 0 Å². The first-order valence-electron chi connectivity index (χ1n) is 12.6. The summed E-state index contributed by atoms with van der Waals surface area (Å²) in [6.07, 6.45) is 3.97. The van der Waals surface area contributed by atoms with Crippen molar-refractivity contribution in [2.24, 2.45) is 0 Å². The Bertz CT molecular complexity index is 1740. The van der Waals surface area contributed by atoms with Gasteiger partial charge < -0.3 is 25.3 Å². The predicted octanol–water partition coefficient (Wildman–Crippen LogP) is 3.84. The number of ether oxygens (including phenoxy) is 1. The molecule has 0 radical (unpaired) electrons. The van der Waals surface area contributed by atoms with E-state index < -0.39 is 5.97 Å². The standard InChI is InChI=1S/C17H15NO2.C16H13NO2.Li.H2O/c1-20-17(19)10-14-11-18-16-8-7-13(9-15(14)16)12-5-3-2-4-6-12;18-16(19)9-13-10-17-15-7-6-12(8-14(13)15)11-4-2-1-3-5-11;;/h2-9,11,18H,10H2,1H3;1-8,10,17H,9H2,(H,18,19);;1H2/q;;+1;/p-1. The number of carboxylic acid groups (broad SMARTS) is 1. The minimum atomic E-state index is -0.814. The Hall–Kier alpha value is -4.54. The number of fused-ring (bicyclic) bond motifs is 2. The fraction of sp³-hybridized carbons (Fsp3) is 0.0909. The van der Waals surface area contributed by atoms with Gasteiger partial charge in [0.05, 0.1) is 20.0 Å². The summed E-state index contributed by atoms with van der Waals surface area (Å²) in [6, 6.07) is 32.6. The number of hydrogen-bond acceptors (Lipinski definition) is 4. The number of aromatic nitrogens is 2. The van der Waals surface area contributed by atoms with Gasteiger partial charge in [-0.3, -0.25) is 9.59 Å². The molecule has 0 aliphatic rings. The minimum Gasteiger partial charge on any atom is -0.870 e. The predicted molar refractivity (Wildman–Crippen MR) is 156 cm³/mol. The van der Waals surface area contributed by atoms with Crippen LogP contribution in [-0.4, -0.2) is 39.6 Å². The number of nitrogens with one attached hydrogen (secondary N) is 2. The van der Waals surface area contributed by atoms with E-state index in [0.29, 0.717) is 0 Å². The number of carbonyl (C=O) groups excluding carboxylic acids is 1. The SMILES string of the molecule is COC(=O)Cc1c[nH]c2ccc(-c3ccccc3)cc12.O=C(O)Cc1c[nH]c2ccc(-c3ccccc3)cc12.[Li+].[OH-]. The normalized spacial score (nSPS) is 10.2. The molecule has 0 unspecified atom stereocenters. The molecular weight excluding hydrogens is 511 g/mol. The maximum atomic E-state index is 11.4. The van der Waals surface area contributed by atoms with Crippen molar-refractivity contribution < 1.29 is 43.8 Å². The van der Waals surface area contributed by atoms with Gasteiger partial charge >= 0.3 is 30.8 Å². The zero-order chi connectivity index (χ0) is 27.2. The summed E-state index contributed by atoms with van der Waals surface area (Å²) < 4.78 is 4.73. The van der Waals surface area contributed by atoms with Crippen LogP contribution >= 0.6 is 0 Å². The van der Waals surface area contributed by atoms with Crippen LogP contribution in [0.15, 0.2) is 109 Å². The van der Waals surface area contributed by atoms with Gasteiger partial charge in [-0.25, -0.2) is 0 Å².